The number of fused-ring (bicyclic) bond motifs is 1. The van der Waals surface area contributed by atoms with Crippen LogP contribution in [0.1, 0.15) is 41.6 Å². The number of imidazole rings is 1. The number of aromatic nitrogens is 3. The van der Waals surface area contributed by atoms with Gasteiger partial charge in [0.15, 0.2) is 5.65 Å². The number of nitrogens with one attached hydrogen (secondary N) is 2. The summed E-state index contributed by atoms with van der Waals surface area (Å²) in [5.74, 6) is 2.14. The van der Waals surface area contributed by atoms with E-state index >= 15 is 0 Å². The van der Waals surface area contributed by atoms with Gasteiger partial charge < -0.3 is 15.4 Å². The molecule has 9 nitrogen and oxygen atoms in total. The van der Waals surface area contributed by atoms with E-state index in [4.69, 9.17) is 21.4 Å². The molecule has 2 aliphatic rings. The Morgan fingerprint density at radius 2 is 1.85 bits per heavy atom. The molecule has 4 N–H and O–H groups in total. The number of carbonyl (C=O) groups is 1. The van der Waals surface area contributed by atoms with Crippen LogP contribution in [0.15, 0.2) is 54.7 Å². The normalized spacial score (nSPS) is 17.9. The first kappa shape index (κ1) is 26.9. The highest BCUT2D eigenvalue weighted by atomic mass is 35.5. The number of halogens is 1. The second kappa shape index (κ2) is 10.9. The Balaban J connectivity index is 1.32. The van der Waals surface area contributed by atoms with Crippen LogP contribution in [-0.2, 0) is 0 Å². The van der Waals surface area contributed by atoms with E-state index in [1.54, 1.807) is 35.0 Å². The molecule has 1 saturated heterocycles. The van der Waals surface area contributed by atoms with Crippen molar-refractivity contribution < 1.29 is 18.6 Å². The van der Waals surface area contributed by atoms with Crippen molar-refractivity contribution in [2.75, 3.05) is 23.4 Å². The van der Waals surface area contributed by atoms with Crippen LogP contribution >= 0.6 is 22.2 Å². The third-order valence-corrected chi connectivity index (χ3v) is 9.48. The Kier molecular flexibility index (Phi) is 7.35. The van der Waals surface area contributed by atoms with E-state index in [9.17, 15) is 13.9 Å². The molecule has 1 aliphatic carbocycles. The fourth-order valence-corrected chi connectivity index (χ4v) is 6.68. The van der Waals surface area contributed by atoms with Gasteiger partial charge in [0.1, 0.15) is 5.75 Å². The summed E-state index contributed by atoms with van der Waals surface area (Å²) in [6.45, 7) is 2.60. The molecule has 40 heavy (non-hydrogen) atoms. The molecule has 1 amide bonds. The molecule has 0 spiro atoms. The van der Waals surface area contributed by atoms with Crippen LogP contribution in [0.4, 0.5) is 5.69 Å². The Morgan fingerprint density at radius 1 is 1.10 bits per heavy atom. The largest absolute Gasteiger partial charge is 0.438 e. The molecule has 2 aromatic carbocycles. The minimum atomic E-state index is -2.43. The fraction of sp³-hybridized carbons (Fsp3) is 0.345. The zero-order chi connectivity index (χ0) is 27.9. The van der Waals surface area contributed by atoms with Gasteiger partial charge in [0.25, 0.3) is 5.91 Å². The van der Waals surface area contributed by atoms with E-state index < -0.39 is 10.6 Å². The first-order chi connectivity index (χ1) is 19.2. The van der Waals surface area contributed by atoms with Gasteiger partial charge in [0.2, 0.25) is 5.88 Å². The second-order valence-electron chi connectivity index (χ2n) is 10.6. The van der Waals surface area contributed by atoms with Crippen molar-refractivity contribution in [3.05, 3.63) is 70.9 Å². The van der Waals surface area contributed by atoms with E-state index in [-0.39, 0.29) is 5.91 Å². The third kappa shape index (κ3) is 6.05. The van der Waals surface area contributed by atoms with Crippen molar-refractivity contribution in [1.29, 1.82) is 0 Å². The molecule has 2 fully saturated rings. The maximum absolute atomic E-state index is 12.6. The lowest BCUT2D eigenvalue weighted by molar-refractivity contribution is 0.0950. The van der Waals surface area contributed by atoms with Gasteiger partial charge in [-0.1, -0.05) is 17.7 Å². The Morgan fingerprint density at radius 3 is 2.55 bits per heavy atom. The molecule has 11 heteroatoms. The van der Waals surface area contributed by atoms with Crippen LogP contribution in [0.25, 0.3) is 16.9 Å². The number of amides is 1. The van der Waals surface area contributed by atoms with Gasteiger partial charge in [-0.05, 0) is 80.5 Å². The highest BCUT2D eigenvalue weighted by Crippen LogP contribution is 2.45. The molecule has 210 valence electrons. The number of nitrogens with zero attached hydrogens (tertiary/aromatic N) is 3. The van der Waals surface area contributed by atoms with Crippen molar-refractivity contribution in [2.45, 2.75) is 38.6 Å². The van der Waals surface area contributed by atoms with Crippen LogP contribution in [-0.4, -0.2) is 53.7 Å². The minimum absolute atomic E-state index is 0.0445. The van der Waals surface area contributed by atoms with Crippen molar-refractivity contribution >= 4 is 39.4 Å². The van der Waals surface area contributed by atoms with Gasteiger partial charge >= 0.3 is 0 Å². The molecule has 0 unspecified atom stereocenters. The zero-order valence-corrected chi connectivity index (χ0v) is 23.7. The maximum atomic E-state index is 12.6. The summed E-state index contributed by atoms with van der Waals surface area (Å²) >= 11 is 6.05. The zero-order valence-electron chi connectivity index (χ0n) is 22.1. The molecular weight excluding hydrogens is 550 g/mol. The quantitative estimate of drug-likeness (QED) is 0.185. The minimum Gasteiger partial charge on any atom is -0.438 e. The predicted molar refractivity (Wildman–Crippen MR) is 159 cm³/mol. The third-order valence-electron chi connectivity index (χ3n) is 7.45. The number of aryl methyl sites for hydroxylation is 1. The topological polar surface area (TPSA) is 121 Å². The fourth-order valence-electron chi connectivity index (χ4n) is 4.93. The standard InChI is InChI=1S/C29H32ClN5O4S/c1-18-14-20(2-9-24(18)29(36)33-22-5-6-22)26-17-32-28-25(31-16-19-10-12-40(37,38)13-11-19)15-27(34-35(26)28)39-23-7-3-21(30)4-8-23/h2-4,7-9,14-15,17,19,22,31,37-38H,5-6,10-13,16H2,1H3,(H,33,36). The summed E-state index contributed by atoms with van der Waals surface area (Å²) in [5.41, 5.74) is 4.60. The van der Waals surface area contributed by atoms with Crippen LogP contribution in [0.5, 0.6) is 11.6 Å². The van der Waals surface area contributed by atoms with Gasteiger partial charge in [0, 0.05) is 46.3 Å². The number of hydrogen-bond acceptors (Lipinski definition) is 7. The van der Waals surface area contributed by atoms with E-state index in [2.05, 4.69) is 15.6 Å². The van der Waals surface area contributed by atoms with Crippen LogP contribution in [0, 0.1) is 12.8 Å². The Hall–Kier alpha value is -3.31. The highest BCUT2D eigenvalue weighted by Gasteiger charge is 2.26. The highest BCUT2D eigenvalue weighted by molar-refractivity contribution is 8.24. The second-order valence-corrected chi connectivity index (χ2v) is 13.5. The van der Waals surface area contributed by atoms with E-state index in [1.165, 1.54) is 0 Å². The summed E-state index contributed by atoms with van der Waals surface area (Å²) in [7, 11) is -2.43. The summed E-state index contributed by atoms with van der Waals surface area (Å²) in [5, 5.41) is 11.9. The maximum Gasteiger partial charge on any atom is 0.251 e. The van der Waals surface area contributed by atoms with Gasteiger partial charge in [-0.15, -0.1) is 5.10 Å². The van der Waals surface area contributed by atoms with Crippen molar-refractivity contribution in [3.63, 3.8) is 0 Å². The average molecular weight is 582 g/mol. The summed E-state index contributed by atoms with van der Waals surface area (Å²) < 4.78 is 27.8. The number of hydrogen-bond donors (Lipinski definition) is 4. The molecule has 0 radical (unpaired) electrons. The molecule has 2 aromatic heterocycles. The molecule has 1 aliphatic heterocycles. The smallest absolute Gasteiger partial charge is 0.251 e. The SMILES string of the molecule is Cc1cc(-c2cnc3c(NCC4CCS(O)(O)CC4)cc(Oc4ccc(Cl)cc4)nn23)ccc1C(=O)NC1CC1. The van der Waals surface area contributed by atoms with Gasteiger partial charge in [-0.25, -0.2) is 9.50 Å². The van der Waals surface area contributed by atoms with Crippen molar-refractivity contribution in [1.82, 2.24) is 19.9 Å². The monoisotopic (exact) mass is 581 g/mol. The van der Waals surface area contributed by atoms with E-state index in [0.29, 0.717) is 57.9 Å². The lowest BCUT2D eigenvalue weighted by Crippen LogP contribution is -2.26. The van der Waals surface area contributed by atoms with Crippen LogP contribution in [0.3, 0.4) is 0 Å². The molecule has 0 atom stereocenters. The number of carbonyl (C=O) groups excluding carboxylic acids is 1. The average Bonchev–Trinajstić information content (AvgIpc) is 3.64. The van der Waals surface area contributed by atoms with E-state index in [1.807, 2.05) is 31.2 Å². The number of ether oxygens (including phenoxy) is 1. The molecule has 1 saturated carbocycles. The molecule has 0 bridgehead atoms. The Bertz CT molecular complexity index is 1540. The lowest BCUT2D eigenvalue weighted by atomic mass is 10.0. The van der Waals surface area contributed by atoms with Crippen molar-refractivity contribution in [3.8, 4) is 22.9 Å². The summed E-state index contributed by atoms with van der Waals surface area (Å²) in [6.07, 6.45) is 5.36. The van der Waals surface area contributed by atoms with Gasteiger partial charge in [0.05, 0.1) is 17.6 Å². The molecule has 4 aromatic rings. The lowest BCUT2D eigenvalue weighted by Gasteiger charge is -2.39. The van der Waals surface area contributed by atoms with Gasteiger partial charge in [-0.3, -0.25) is 13.9 Å². The summed E-state index contributed by atoms with van der Waals surface area (Å²) in [6, 6.07) is 15.0. The number of benzene rings is 2. The van der Waals surface area contributed by atoms with Crippen molar-refractivity contribution in [2.24, 2.45) is 5.92 Å². The summed E-state index contributed by atoms with van der Waals surface area (Å²) in [4.78, 5) is 17.3. The van der Waals surface area contributed by atoms with Gasteiger partial charge in [-0.2, -0.15) is 10.6 Å². The van der Waals surface area contributed by atoms with Crippen LogP contribution < -0.4 is 15.4 Å². The predicted octanol–water partition coefficient (Wildman–Crippen LogP) is 6.62. The first-order valence-corrected chi connectivity index (χ1v) is 15.7. The Labute approximate surface area is 239 Å². The molecular formula is C29H32ClN5O4S. The molecule has 6 rings (SSSR count). The molecule has 3 heterocycles. The van der Waals surface area contributed by atoms with Crippen LogP contribution in [0.2, 0.25) is 5.02 Å². The number of anilines is 1. The first-order valence-electron chi connectivity index (χ1n) is 13.5. The number of rotatable bonds is 8. The van der Waals surface area contributed by atoms with E-state index in [0.717, 1.165) is 48.2 Å².